The van der Waals surface area contributed by atoms with E-state index in [0.717, 1.165) is 29.8 Å². The highest BCUT2D eigenvalue weighted by molar-refractivity contribution is 6.30. The molecule has 2 aromatic carbocycles. The van der Waals surface area contributed by atoms with Crippen LogP contribution in [0.15, 0.2) is 60.3 Å². The van der Waals surface area contributed by atoms with Gasteiger partial charge in [0, 0.05) is 28.4 Å². The minimum atomic E-state index is -5.00. The zero-order valence-corrected chi connectivity index (χ0v) is 22.5. The van der Waals surface area contributed by atoms with E-state index < -0.39 is 52.8 Å². The van der Waals surface area contributed by atoms with E-state index in [-0.39, 0.29) is 5.69 Å². The molecule has 2 aliphatic rings. The summed E-state index contributed by atoms with van der Waals surface area (Å²) in [5.74, 6) is -3.84. The van der Waals surface area contributed by atoms with Gasteiger partial charge in [-0.2, -0.15) is 18.3 Å². The van der Waals surface area contributed by atoms with E-state index in [9.17, 15) is 28.5 Å². The summed E-state index contributed by atoms with van der Waals surface area (Å²) in [4.78, 5) is 2.07. The van der Waals surface area contributed by atoms with Gasteiger partial charge in [0.1, 0.15) is 0 Å². The number of fused-ring (bicyclic) bond motifs is 1. The van der Waals surface area contributed by atoms with Crippen molar-refractivity contribution < 1.29 is 28.5 Å². The molecule has 1 aromatic heterocycles. The van der Waals surface area contributed by atoms with E-state index in [4.69, 9.17) is 11.6 Å². The first-order valence-corrected chi connectivity index (χ1v) is 13.3. The van der Waals surface area contributed by atoms with Crippen molar-refractivity contribution in [1.82, 2.24) is 9.78 Å². The molecule has 1 saturated carbocycles. The molecule has 5 rings (SSSR count). The van der Waals surface area contributed by atoms with Crippen LogP contribution in [0.3, 0.4) is 0 Å². The summed E-state index contributed by atoms with van der Waals surface area (Å²) in [5.41, 5.74) is -0.155. The number of unbranched alkanes of at least 4 members (excludes halogenated alkanes) is 1. The summed E-state index contributed by atoms with van der Waals surface area (Å²) < 4.78 is 42.5. The smallest absolute Gasteiger partial charge is 0.435 e. The predicted molar refractivity (Wildman–Crippen MR) is 137 cm³/mol. The Bertz CT molecular complexity index is 1390. The first-order valence-electron chi connectivity index (χ1n) is 12.9. The molecule has 0 amide bonds. The first-order chi connectivity index (χ1) is 18.4. The van der Waals surface area contributed by atoms with Crippen molar-refractivity contribution in [2.75, 3.05) is 11.4 Å². The molecule has 1 aliphatic heterocycles. The van der Waals surface area contributed by atoms with E-state index in [1.54, 1.807) is 30.3 Å². The summed E-state index contributed by atoms with van der Waals surface area (Å²) in [6.45, 7) is 6.64. The van der Waals surface area contributed by atoms with Gasteiger partial charge in [-0.25, -0.2) is 4.68 Å². The van der Waals surface area contributed by atoms with Gasteiger partial charge >= 0.3 is 6.18 Å². The third-order valence-corrected chi connectivity index (χ3v) is 8.12. The average molecular weight is 559 g/mol. The Morgan fingerprint density at radius 2 is 1.74 bits per heavy atom. The Morgan fingerprint density at radius 1 is 1.08 bits per heavy atom. The maximum atomic E-state index is 14.0. The van der Waals surface area contributed by atoms with E-state index in [1.807, 2.05) is 26.0 Å². The molecule has 0 bridgehead atoms. The number of anilines is 1. The van der Waals surface area contributed by atoms with Crippen molar-refractivity contribution >= 4 is 17.3 Å². The fourth-order valence-electron chi connectivity index (χ4n) is 5.78. The number of para-hydroxylation sites is 1. The second-order valence-electron chi connectivity index (χ2n) is 10.7. The van der Waals surface area contributed by atoms with E-state index in [0.29, 0.717) is 16.2 Å². The summed E-state index contributed by atoms with van der Waals surface area (Å²) in [5, 5.41) is 44.1. The highest BCUT2D eigenvalue weighted by Gasteiger charge is 2.47. The van der Waals surface area contributed by atoms with Gasteiger partial charge in [0.2, 0.25) is 0 Å². The molecule has 0 saturated heterocycles. The minimum absolute atomic E-state index is 0.123. The summed E-state index contributed by atoms with van der Waals surface area (Å²) in [7, 11) is 0. The van der Waals surface area contributed by atoms with Crippen LogP contribution < -0.4 is 20.2 Å². The van der Waals surface area contributed by atoms with Crippen LogP contribution in [0.1, 0.15) is 56.4 Å². The summed E-state index contributed by atoms with van der Waals surface area (Å²) in [6, 6.07) is 13.2. The zero-order chi connectivity index (χ0) is 28.3. The quantitative estimate of drug-likeness (QED) is 0.451. The predicted octanol–water partition coefficient (Wildman–Crippen LogP) is 4.27. The number of hydrogen-bond acceptors (Lipinski definition) is 5. The Balaban J connectivity index is 1.53. The van der Waals surface area contributed by atoms with Crippen LogP contribution in [0.2, 0.25) is 5.02 Å². The van der Waals surface area contributed by atoms with Gasteiger partial charge < -0.3 is 20.2 Å². The van der Waals surface area contributed by atoms with Crippen molar-refractivity contribution in [2.24, 2.45) is 5.92 Å². The average Bonchev–Trinajstić information content (AvgIpc) is 3.33. The molecule has 39 heavy (non-hydrogen) atoms. The van der Waals surface area contributed by atoms with Crippen LogP contribution in [0.25, 0.3) is 5.69 Å². The summed E-state index contributed by atoms with van der Waals surface area (Å²) >= 11 is 6.27. The molecule has 2 unspecified atom stereocenters. The second-order valence-corrected chi connectivity index (χ2v) is 11.1. The molecule has 10 heteroatoms. The Morgan fingerprint density at radius 3 is 2.36 bits per heavy atom. The van der Waals surface area contributed by atoms with Crippen molar-refractivity contribution in [2.45, 2.75) is 63.3 Å². The van der Waals surface area contributed by atoms with E-state index in [1.165, 1.54) is 12.1 Å². The zero-order valence-electron chi connectivity index (χ0n) is 21.7. The highest BCUT2D eigenvalue weighted by Crippen LogP contribution is 2.52. The lowest BCUT2D eigenvalue weighted by Gasteiger charge is -2.61. The monoisotopic (exact) mass is 558 g/mol. The Kier molecular flexibility index (Phi) is 6.97. The number of hydrogen-bond donors (Lipinski definition) is 0. The number of aromatic nitrogens is 2. The maximum absolute atomic E-state index is 14.0. The van der Waals surface area contributed by atoms with Crippen LogP contribution in [-0.4, -0.2) is 28.5 Å². The lowest BCUT2D eigenvalue weighted by Crippen LogP contribution is -2.65. The molecule has 3 aromatic rings. The van der Waals surface area contributed by atoms with Gasteiger partial charge in [0.15, 0.2) is 5.69 Å². The molecule has 2 heterocycles. The Hall–Kier alpha value is -3.01. The SMILES string of the molecule is CCCCN1C(=CC2C([O-])C(c3c(C(F)(F)F)nn(-c4ccccc4)c3[O-])C2[O-])C(C)(C)c2cc(Cl)ccc21. The molecular weight excluding hydrogens is 531 g/mol. The lowest BCUT2D eigenvalue weighted by atomic mass is 9.64. The fourth-order valence-corrected chi connectivity index (χ4v) is 5.95. The van der Waals surface area contributed by atoms with Crippen LogP contribution in [0.4, 0.5) is 18.9 Å². The van der Waals surface area contributed by atoms with E-state index >= 15 is 0 Å². The third-order valence-electron chi connectivity index (χ3n) is 7.89. The second kappa shape index (κ2) is 9.87. The number of halogens is 4. The molecule has 2 atom stereocenters. The van der Waals surface area contributed by atoms with Crippen molar-refractivity contribution in [3.8, 4) is 11.6 Å². The molecule has 1 aliphatic carbocycles. The fraction of sp³-hybridized carbons (Fsp3) is 0.414. The maximum Gasteiger partial charge on any atom is 0.435 e. The van der Waals surface area contributed by atoms with Crippen molar-refractivity contribution in [1.29, 1.82) is 0 Å². The number of rotatable bonds is 6. The molecule has 0 radical (unpaired) electrons. The van der Waals surface area contributed by atoms with Crippen LogP contribution in [0, 0.1) is 5.92 Å². The third kappa shape index (κ3) is 4.50. The first kappa shape index (κ1) is 27.6. The highest BCUT2D eigenvalue weighted by atomic mass is 35.5. The molecular formula is C29H28ClF3N3O3-3. The topological polar surface area (TPSA) is 90.2 Å². The molecule has 0 spiro atoms. The largest absolute Gasteiger partial charge is 0.858 e. The van der Waals surface area contributed by atoms with Crippen LogP contribution in [-0.2, 0) is 11.6 Å². The number of nitrogens with zero attached hydrogens (tertiary/aromatic N) is 3. The lowest BCUT2D eigenvalue weighted by molar-refractivity contribution is -0.543. The Labute approximate surface area is 230 Å². The summed E-state index contributed by atoms with van der Waals surface area (Å²) in [6.07, 6.45) is -5.04. The molecule has 1 fully saturated rings. The molecule has 6 nitrogen and oxygen atoms in total. The van der Waals surface area contributed by atoms with Crippen LogP contribution in [0.5, 0.6) is 5.88 Å². The molecule has 0 N–H and O–H groups in total. The molecule has 208 valence electrons. The van der Waals surface area contributed by atoms with Gasteiger partial charge in [0.05, 0.1) is 5.69 Å². The number of alkyl halides is 3. The van der Waals surface area contributed by atoms with Gasteiger partial charge in [-0.3, -0.25) is 0 Å². The number of allylic oxidation sites excluding steroid dienone is 1. The minimum Gasteiger partial charge on any atom is -0.858 e. The number of benzene rings is 2. The van der Waals surface area contributed by atoms with E-state index in [2.05, 4.69) is 16.9 Å². The normalized spacial score (nSPS) is 25.2. The standard InChI is InChI=1S/C29H29ClF3N3O3/c1-4-5-13-35-20-12-11-16(30)14-19(20)28(2,3)21(35)15-18-24(37)22(25(18)38)23-26(29(31,32)33)34-36(27(23)39)17-9-7-6-8-10-17/h6-12,14-15,18,22,24-25,39H,4-5,13H2,1-3H3/q-2/p-1. The van der Waals surface area contributed by atoms with Gasteiger partial charge in [-0.1, -0.05) is 63.1 Å². The van der Waals surface area contributed by atoms with Crippen molar-refractivity contribution in [3.05, 3.63) is 82.1 Å². The van der Waals surface area contributed by atoms with Gasteiger partial charge in [-0.15, -0.1) is 12.2 Å². The van der Waals surface area contributed by atoms with Gasteiger partial charge in [-0.05, 0) is 65.6 Å². The van der Waals surface area contributed by atoms with Crippen LogP contribution >= 0.6 is 11.6 Å². The van der Waals surface area contributed by atoms with Gasteiger partial charge in [0.25, 0.3) is 0 Å². The van der Waals surface area contributed by atoms with Crippen molar-refractivity contribution in [3.63, 3.8) is 0 Å².